The van der Waals surface area contributed by atoms with Crippen LogP contribution in [0.5, 0.6) is 0 Å². The Morgan fingerprint density at radius 1 is 1.07 bits per heavy atom. The van der Waals surface area contributed by atoms with Gasteiger partial charge in [0.25, 0.3) is 15.9 Å². The van der Waals surface area contributed by atoms with Gasteiger partial charge >= 0.3 is 0 Å². The van der Waals surface area contributed by atoms with Crippen LogP contribution in [-0.4, -0.2) is 36.8 Å². The quantitative estimate of drug-likeness (QED) is 0.385. The van der Waals surface area contributed by atoms with Gasteiger partial charge in [0.1, 0.15) is 0 Å². The van der Waals surface area contributed by atoms with Crippen LogP contribution in [0.25, 0.3) is 0 Å². The molecule has 0 aliphatic rings. The highest BCUT2D eigenvalue weighted by molar-refractivity contribution is 7.98. The summed E-state index contributed by atoms with van der Waals surface area (Å²) in [6.07, 6.45) is 0. The Labute approximate surface area is 178 Å². The lowest BCUT2D eigenvalue weighted by Gasteiger charge is -2.06. The zero-order valence-electron chi connectivity index (χ0n) is 15.7. The monoisotopic (exact) mass is 448 g/mol. The highest BCUT2D eigenvalue weighted by Gasteiger charge is 2.20. The van der Waals surface area contributed by atoms with Crippen LogP contribution >= 0.6 is 23.1 Å². The van der Waals surface area contributed by atoms with Gasteiger partial charge in [0.2, 0.25) is 9.47 Å². The minimum Gasteiger partial charge on any atom is -0.296 e. The van der Waals surface area contributed by atoms with Gasteiger partial charge in [-0.3, -0.25) is 10.1 Å². The van der Waals surface area contributed by atoms with E-state index in [1.165, 1.54) is 11.1 Å². The lowest BCUT2D eigenvalue weighted by molar-refractivity contribution is 0.102. The highest BCUT2D eigenvalue weighted by atomic mass is 32.2. The molecule has 29 heavy (non-hydrogen) atoms. The number of hydrogen-bond acceptors (Lipinski definition) is 7. The molecule has 0 spiro atoms. The molecule has 0 atom stereocenters. The number of carbonyl (C=O) groups excluding carboxylic acids is 1. The number of carbonyl (C=O) groups is 1. The van der Waals surface area contributed by atoms with Crippen molar-refractivity contribution in [2.75, 3.05) is 17.6 Å². The molecular formula is C19H20N4O3S3. The minimum atomic E-state index is -3.76. The summed E-state index contributed by atoms with van der Waals surface area (Å²) in [6, 6.07) is 16.7. The molecule has 0 aliphatic heterocycles. The molecule has 0 aliphatic carbocycles. The lowest BCUT2D eigenvalue weighted by atomic mass is 10.1. The van der Waals surface area contributed by atoms with Crippen LogP contribution in [0, 0.1) is 6.92 Å². The minimum absolute atomic E-state index is 0.133. The Balaban J connectivity index is 1.48. The van der Waals surface area contributed by atoms with Crippen molar-refractivity contribution in [2.45, 2.75) is 17.0 Å². The van der Waals surface area contributed by atoms with E-state index in [9.17, 15) is 13.2 Å². The van der Waals surface area contributed by atoms with Gasteiger partial charge < -0.3 is 0 Å². The Morgan fingerprint density at radius 3 is 2.55 bits per heavy atom. The maximum absolute atomic E-state index is 12.4. The fourth-order valence-corrected chi connectivity index (χ4v) is 5.42. The average molecular weight is 449 g/mol. The number of aryl methyl sites for hydroxylation is 1. The summed E-state index contributed by atoms with van der Waals surface area (Å²) < 4.78 is 27.1. The molecule has 0 radical (unpaired) electrons. The van der Waals surface area contributed by atoms with Crippen LogP contribution in [0.4, 0.5) is 5.13 Å². The number of thioether (sulfide) groups is 1. The number of aromatic nitrogens is 2. The summed E-state index contributed by atoms with van der Waals surface area (Å²) in [5.41, 5.74) is 2.92. The Hall–Kier alpha value is -2.27. The van der Waals surface area contributed by atoms with Crippen molar-refractivity contribution < 1.29 is 13.2 Å². The molecule has 7 nitrogen and oxygen atoms in total. The van der Waals surface area contributed by atoms with Crippen molar-refractivity contribution in [3.63, 3.8) is 0 Å². The number of hydrogen-bond donors (Lipinski definition) is 2. The van der Waals surface area contributed by atoms with Gasteiger partial charge in [0.15, 0.2) is 0 Å². The van der Waals surface area contributed by atoms with Gasteiger partial charge in [-0.1, -0.05) is 53.8 Å². The van der Waals surface area contributed by atoms with Gasteiger partial charge in [-0.2, -0.15) is 11.8 Å². The van der Waals surface area contributed by atoms with E-state index in [4.69, 9.17) is 0 Å². The molecule has 10 heteroatoms. The van der Waals surface area contributed by atoms with Crippen molar-refractivity contribution in [2.24, 2.45) is 0 Å². The molecule has 152 valence electrons. The third-order valence-electron chi connectivity index (χ3n) is 3.95. The number of amides is 1. The first-order chi connectivity index (χ1) is 14.0. The highest BCUT2D eigenvalue weighted by Crippen LogP contribution is 2.21. The zero-order valence-corrected chi connectivity index (χ0v) is 18.1. The average Bonchev–Trinajstić information content (AvgIpc) is 3.19. The Kier molecular flexibility index (Phi) is 7.37. The van der Waals surface area contributed by atoms with E-state index in [2.05, 4.69) is 39.3 Å². The Bertz CT molecular complexity index is 1070. The van der Waals surface area contributed by atoms with E-state index in [-0.39, 0.29) is 21.9 Å². The van der Waals surface area contributed by atoms with Crippen LogP contribution < -0.4 is 10.0 Å². The van der Waals surface area contributed by atoms with Crippen LogP contribution in [0.2, 0.25) is 0 Å². The number of anilines is 1. The molecule has 2 N–H and O–H groups in total. The molecule has 0 fully saturated rings. The molecule has 0 saturated heterocycles. The van der Waals surface area contributed by atoms with Crippen molar-refractivity contribution >= 4 is 44.2 Å². The molecule has 1 amide bonds. The van der Waals surface area contributed by atoms with Gasteiger partial charge in [0, 0.05) is 23.6 Å². The predicted octanol–water partition coefficient (Wildman–Crippen LogP) is 3.31. The Morgan fingerprint density at radius 2 is 1.79 bits per heavy atom. The normalized spacial score (nSPS) is 11.3. The topological polar surface area (TPSA) is 101 Å². The molecule has 2 aromatic carbocycles. The zero-order chi connectivity index (χ0) is 20.7. The van der Waals surface area contributed by atoms with Crippen LogP contribution in [0.15, 0.2) is 58.9 Å². The van der Waals surface area contributed by atoms with E-state index in [0.29, 0.717) is 11.3 Å². The second-order valence-electron chi connectivity index (χ2n) is 6.07. The number of nitrogens with zero attached hydrogens (tertiary/aromatic N) is 2. The predicted molar refractivity (Wildman–Crippen MR) is 117 cm³/mol. The number of rotatable bonds is 9. The van der Waals surface area contributed by atoms with E-state index < -0.39 is 10.0 Å². The van der Waals surface area contributed by atoms with Gasteiger partial charge in [-0.05, 0) is 30.2 Å². The van der Waals surface area contributed by atoms with Gasteiger partial charge in [-0.15, -0.1) is 10.2 Å². The molecular weight excluding hydrogens is 428 g/mol. The molecule has 1 aromatic heterocycles. The second-order valence-corrected chi connectivity index (χ2v) is 10.1. The largest absolute Gasteiger partial charge is 0.296 e. The molecule has 0 saturated carbocycles. The number of benzene rings is 2. The van der Waals surface area contributed by atoms with Gasteiger partial charge in [0.05, 0.1) is 0 Å². The van der Waals surface area contributed by atoms with Crippen molar-refractivity contribution in [1.29, 1.82) is 0 Å². The molecule has 3 rings (SSSR count). The third kappa shape index (κ3) is 6.10. The standard InChI is InChI=1S/C19H20N4O3S3/c1-14-7-5-6-10-16(14)13-27-12-11-20-29(25,26)19-23-22-18(28-19)21-17(24)15-8-3-2-4-9-15/h2-10,20H,11-13H2,1H3,(H,21,22,24). The number of sulfonamides is 1. The summed E-state index contributed by atoms with van der Waals surface area (Å²) in [5.74, 6) is 1.08. The fourth-order valence-electron chi connectivity index (χ4n) is 2.39. The summed E-state index contributed by atoms with van der Waals surface area (Å²) in [5, 5.41) is 10.1. The molecule has 0 bridgehead atoms. The number of nitrogens with one attached hydrogen (secondary N) is 2. The van der Waals surface area contributed by atoms with Crippen LogP contribution in [-0.2, 0) is 15.8 Å². The third-order valence-corrected chi connectivity index (χ3v) is 7.63. The summed E-state index contributed by atoms with van der Waals surface area (Å²) >= 11 is 2.47. The van der Waals surface area contributed by atoms with Crippen molar-refractivity contribution in [3.8, 4) is 0 Å². The maximum atomic E-state index is 12.4. The summed E-state index contributed by atoms with van der Waals surface area (Å²) in [4.78, 5) is 12.1. The van der Waals surface area contributed by atoms with Crippen LogP contribution in [0.1, 0.15) is 21.5 Å². The molecule has 1 heterocycles. The smallest absolute Gasteiger partial charge is 0.269 e. The first kappa shape index (κ1) is 21.4. The first-order valence-electron chi connectivity index (χ1n) is 8.77. The van der Waals surface area contributed by atoms with E-state index in [1.54, 1.807) is 42.1 Å². The fraction of sp³-hybridized carbons (Fsp3) is 0.211. The van der Waals surface area contributed by atoms with Crippen molar-refractivity contribution in [1.82, 2.24) is 14.9 Å². The van der Waals surface area contributed by atoms with E-state index in [1.807, 2.05) is 12.1 Å². The lowest BCUT2D eigenvalue weighted by Crippen LogP contribution is -2.26. The summed E-state index contributed by atoms with van der Waals surface area (Å²) in [6.45, 7) is 2.34. The van der Waals surface area contributed by atoms with Crippen LogP contribution in [0.3, 0.4) is 0 Å². The van der Waals surface area contributed by atoms with E-state index in [0.717, 1.165) is 17.1 Å². The molecule has 0 unspecified atom stereocenters. The van der Waals surface area contributed by atoms with Gasteiger partial charge in [-0.25, -0.2) is 13.1 Å². The first-order valence-corrected chi connectivity index (χ1v) is 12.2. The summed E-state index contributed by atoms with van der Waals surface area (Å²) in [7, 11) is -3.76. The molecule has 3 aromatic rings. The second kappa shape index (κ2) is 9.97. The SMILES string of the molecule is Cc1ccccc1CSCCNS(=O)(=O)c1nnc(NC(=O)c2ccccc2)s1. The van der Waals surface area contributed by atoms with Crippen molar-refractivity contribution in [3.05, 3.63) is 71.3 Å². The maximum Gasteiger partial charge on any atom is 0.269 e. The van der Waals surface area contributed by atoms with E-state index >= 15 is 0 Å².